The highest BCUT2D eigenvalue weighted by Gasteiger charge is 2.19. The molecule has 0 amide bonds. The van der Waals surface area contributed by atoms with E-state index in [1.54, 1.807) is 17.4 Å². The van der Waals surface area contributed by atoms with E-state index in [1.165, 1.54) is 18.4 Å². The van der Waals surface area contributed by atoms with Gasteiger partial charge in [0.15, 0.2) is 0 Å². The van der Waals surface area contributed by atoms with Crippen LogP contribution in [0.25, 0.3) is 0 Å². The van der Waals surface area contributed by atoms with Gasteiger partial charge in [0.1, 0.15) is 5.76 Å². The first-order valence-electron chi connectivity index (χ1n) is 9.03. The molecule has 1 heterocycles. The van der Waals surface area contributed by atoms with Crippen molar-refractivity contribution in [1.29, 1.82) is 0 Å². The minimum Gasteiger partial charge on any atom is -0.469 e. The van der Waals surface area contributed by atoms with E-state index in [4.69, 9.17) is 4.74 Å². The molecule has 2 nitrogen and oxygen atoms in total. The topological polar surface area (TPSA) is 12.5 Å². The molecule has 0 saturated heterocycles. The van der Waals surface area contributed by atoms with Crippen molar-refractivity contribution in [3.05, 3.63) is 59.1 Å². The van der Waals surface area contributed by atoms with Crippen molar-refractivity contribution >= 4 is 0 Å². The van der Waals surface area contributed by atoms with Crippen molar-refractivity contribution < 1.29 is 4.74 Å². The molecule has 0 radical (unpaired) electrons. The van der Waals surface area contributed by atoms with E-state index >= 15 is 0 Å². The van der Waals surface area contributed by atoms with E-state index in [9.17, 15) is 0 Å². The van der Waals surface area contributed by atoms with Gasteiger partial charge < -0.3 is 4.74 Å². The Bertz CT molecular complexity index is 517. The standard InChI is InChI=1S/C19H27NO.C2H6/c1-4-8-16-9-7-10-17-14-20(12-11-19(16)17)15-18(6-3)21-13-5-2;1-2/h5-7,9-10,13H,4,8,11-12,14-15H2,1-3H3;1-2H3/b13-5-,18-6-;. The molecule has 0 aliphatic carbocycles. The SMILES string of the molecule is C/C=C\O/C(=C\C)CN1CCc2c(CCC)cccc2C1.CC. The second kappa shape index (κ2) is 11.1. The normalized spacial score (nSPS) is 15.1. The predicted molar refractivity (Wildman–Crippen MR) is 100 cm³/mol. The summed E-state index contributed by atoms with van der Waals surface area (Å²) < 4.78 is 5.63. The van der Waals surface area contributed by atoms with E-state index in [2.05, 4.69) is 36.1 Å². The number of fused-ring (bicyclic) bond motifs is 1. The lowest BCUT2D eigenvalue weighted by atomic mass is 9.92. The molecule has 2 heteroatoms. The molecule has 0 unspecified atom stereocenters. The lowest BCUT2D eigenvalue weighted by Gasteiger charge is -2.30. The van der Waals surface area contributed by atoms with Crippen molar-refractivity contribution in [2.24, 2.45) is 0 Å². The fraction of sp³-hybridized carbons (Fsp3) is 0.524. The first-order valence-corrected chi connectivity index (χ1v) is 9.03. The minimum absolute atomic E-state index is 0.887. The van der Waals surface area contributed by atoms with Gasteiger partial charge in [-0.05, 0) is 49.5 Å². The number of hydrogen-bond acceptors (Lipinski definition) is 2. The van der Waals surface area contributed by atoms with Crippen molar-refractivity contribution in [2.75, 3.05) is 13.1 Å². The van der Waals surface area contributed by atoms with Gasteiger partial charge in [0.2, 0.25) is 0 Å². The second-order valence-corrected chi connectivity index (χ2v) is 5.61. The molecule has 1 aliphatic rings. The monoisotopic (exact) mass is 315 g/mol. The molecule has 1 aromatic carbocycles. The third-order valence-corrected chi connectivity index (χ3v) is 4.02. The molecule has 0 bridgehead atoms. The number of allylic oxidation sites excluding steroid dienone is 2. The van der Waals surface area contributed by atoms with Crippen LogP contribution < -0.4 is 0 Å². The molecule has 23 heavy (non-hydrogen) atoms. The maximum absolute atomic E-state index is 5.63. The van der Waals surface area contributed by atoms with Crippen molar-refractivity contribution in [3.63, 3.8) is 0 Å². The summed E-state index contributed by atoms with van der Waals surface area (Å²) in [5, 5.41) is 0. The number of hydrogen-bond donors (Lipinski definition) is 0. The van der Waals surface area contributed by atoms with Gasteiger partial charge >= 0.3 is 0 Å². The van der Waals surface area contributed by atoms with Crippen molar-refractivity contribution in [2.45, 2.75) is 60.4 Å². The van der Waals surface area contributed by atoms with Crippen LogP contribution in [0.2, 0.25) is 0 Å². The number of rotatable bonds is 6. The van der Waals surface area contributed by atoms with Crippen LogP contribution >= 0.6 is 0 Å². The lowest BCUT2D eigenvalue weighted by Crippen LogP contribution is -2.33. The Kier molecular flexibility index (Phi) is 9.39. The number of ether oxygens (including phenoxy) is 1. The molecule has 1 aromatic rings. The molecule has 1 aliphatic heterocycles. The van der Waals surface area contributed by atoms with Gasteiger partial charge in [-0.2, -0.15) is 0 Å². The summed E-state index contributed by atoms with van der Waals surface area (Å²) in [6.07, 6.45) is 9.32. The third kappa shape index (κ3) is 5.87. The third-order valence-electron chi connectivity index (χ3n) is 4.02. The number of benzene rings is 1. The van der Waals surface area contributed by atoms with Crippen molar-refractivity contribution in [1.82, 2.24) is 4.90 Å². The largest absolute Gasteiger partial charge is 0.469 e. The van der Waals surface area contributed by atoms with Crippen LogP contribution in [0.15, 0.2) is 42.4 Å². The molecule has 0 N–H and O–H groups in total. The first-order chi connectivity index (χ1) is 11.3. The molecule has 2 rings (SSSR count). The number of aryl methyl sites for hydroxylation is 1. The molecule has 0 aromatic heterocycles. The van der Waals surface area contributed by atoms with Crippen LogP contribution in [0.4, 0.5) is 0 Å². The van der Waals surface area contributed by atoms with Crippen LogP contribution in [0.3, 0.4) is 0 Å². The Morgan fingerprint density at radius 1 is 1.26 bits per heavy atom. The summed E-state index contributed by atoms with van der Waals surface area (Å²) in [4.78, 5) is 2.47. The quantitative estimate of drug-likeness (QED) is 0.645. The predicted octanol–water partition coefficient (Wildman–Crippen LogP) is 5.48. The van der Waals surface area contributed by atoms with Gasteiger partial charge in [-0.25, -0.2) is 0 Å². The average Bonchev–Trinajstić information content (AvgIpc) is 2.60. The first kappa shape index (κ1) is 19.5. The van der Waals surface area contributed by atoms with E-state index in [1.807, 2.05) is 33.8 Å². The molecule has 128 valence electrons. The smallest absolute Gasteiger partial charge is 0.113 e. The molecule has 0 saturated carbocycles. The van der Waals surface area contributed by atoms with E-state index in [-0.39, 0.29) is 0 Å². The maximum Gasteiger partial charge on any atom is 0.113 e. The molecule has 0 atom stereocenters. The fourth-order valence-corrected chi connectivity index (χ4v) is 2.96. The van der Waals surface area contributed by atoms with Gasteiger partial charge in [-0.15, -0.1) is 0 Å². The summed E-state index contributed by atoms with van der Waals surface area (Å²) in [6, 6.07) is 6.79. The summed E-state index contributed by atoms with van der Waals surface area (Å²) in [7, 11) is 0. The zero-order valence-electron chi connectivity index (χ0n) is 15.6. The van der Waals surface area contributed by atoms with E-state index < -0.39 is 0 Å². The zero-order chi connectivity index (χ0) is 17.1. The van der Waals surface area contributed by atoms with Crippen LogP contribution in [-0.4, -0.2) is 18.0 Å². The van der Waals surface area contributed by atoms with Gasteiger partial charge in [0, 0.05) is 13.1 Å². The molecule has 0 fully saturated rings. The van der Waals surface area contributed by atoms with E-state index in [0.29, 0.717) is 0 Å². The highest BCUT2D eigenvalue weighted by molar-refractivity contribution is 5.37. The zero-order valence-corrected chi connectivity index (χ0v) is 15.6. The van der Waals surface area contributed by atoms with E-state index in [0.717, 1.165) is 31.8 Å². The fourth-order valence-electron chi connectivity index (χ4n) is 2.96. The Morgan fingerprint density at radius 2 is 2.04 bits per heavy atom. The molecular weight excluding hydrogens is 282 g/mol. The van der Waals surface area contributed by atoms with Crippen LogP contribution in [0.1, 0.15) is 57.7 Å². The Balaban J connectivity index is 0.00000127. The Hall–Kier alpha value is -1.54. The van der Waals surface area contributed by atoms with Gasteiger partial charge in [0.05, 0.1) is 12.8 Å². The highest BCUT2D eigenvalue weighted by atomic mass is 16.5. The Morgan fingerprint density at radius 3 is 2.70 bits per heavy atom. The second-order valence-electron chi connectivity index (χ2n) is 5.61. The molecular formula is C21H33NO. The maximum atomic E-state index is 5.63. The minimum atomic E-state index is 0.887. The van der Waals surface area contributed by atoms with Gasteiger partial charge in [-0.3, -0.25) is 4.90 Å². The van der Waals surface area contributed by atoms with Gasteiger partial charge in [-0.1, -0.05) is 51.5 Å². The Labute approximate surface area is 142 Å². The van der Waals surface area contributed by atoms with Crippen molar-refractivity contribution in [3.8, 4) is 0 Å². The summed E-state index contributed by atoms with van der Waals surface area (Å²) >= 11 is 0. The summed E-state index contributed by atoms with van der Waals surface area (Å²) in [6.45, 7) is 13.3. The summed E-state index contributed by atoms with van der Waals surface area (Å²) in [5.74, 6) is 1.03. The average molecular weight is 316 g/mol. The lowest BCUT2D eigenvalue weighted by molar-refractivity contribution is 0.221. The molecule has 0 spiro atoms. The van der Waals surface area contributed by atoms with Gasteiger partial charge in [0.25, 0.3) is 0 Å². The van der Waals surface area contributed by atoms with Crippen LogP contribution in [0, 0.1) is 0 Å². The van der Waals surface area contributed by atoms with Crippen LogP contribution in [-0.2, 0) is 24.1 Å². The highest BCUT2D eigenvalue weighted by Crippen LogP contribution is 2.24. The number of nitrogens with zero attached hydrogens (tertiary/aromatic N) is 1. The van der Waals surface area contributed by atoms with Crippen LogP contribution in [0.5, 0.6) is 0 Å². The summed E-state index contributed by atoms with van der Waals surface area (Å²) in [5.41, 5.74) is 4.63.